The zero-order valence-electron chi connectivity index (χ0n) is 7.91. The van der Waals surface area contributed by atoms with Crippen LogP contribution < -0.4 is 9.47 Å². The average molecular weight is 182 g/mol. The summed E-state index contributed by atoms with van der Waals surface area (Å²) >= 11 is 0. The zero-order valence-corrected chi connectivity index (χ0v) is 7.91. The van der Waals surface area contributed by atoms with E-state index in [0.717, 1.165) is 5.56 Å². The highest BCUT2D eigenvalue weighted by Gasteiger charge is 2.08. The van der Waals surface area contributed by atoms with Gasteiger partial charge < -0.3 is 14.6 Å². The van der Waals surface area contributed by atoms with Gasteiger partial charge in [0.25, 0.3) is 0 Å². The largest absolute Gasteiger partial charge is 0.493 e. The molecule has 1 N–H and O–H groups in total. The van der Waals surface area contributed by atoms with E-state index < -0.39 is 0 Å². The van der Waals surface area contributed by atoms with E-state index in [4.69, 9.17) is 14.6 Å². The van der Waals surface area contributed by atoms with Crippen LogP contribution in [-0.4, -0.2) is 18.8 Å². The van der Waals surface area contributed by atoms with Crippen LogP contribution in [0.5, 0.6) is 11.5 Å². The maximum atomic E-state index is 9.03. The summed E-state index contributed by atoms with van der Waals surface area (Å²) in [4.78, 5) is 0. The van der Waals surface area contributed by atoms with Crippen LogP contribution in [0.4, 0.5) is 0 Å². The maximum absolute atomic E-state index is 9.03. The molecule has 0 amide bonds. The first-order chi connectivity index (χ1) is 6.33. The van der Waals surface area contributed by atoms with E-state index in [-0.39, 0.29) is 6.61 Å². The van der Waals surface area contributed by atoms with Crippen molar-refractivity contribution in [2.24, 2.45) is 0 Å². The molecule has 0 bridgehead atoms. The summed E-state index contributed by atoms with van der Waals surface area (Å²) in [5, 5.41) is 9.03. The molecule has 0 atom stereocenters. The second-order valence-electron chi connectivity index (χ2n) is 2.54. The van der Waals surface area contributed by atoms with E-state index in [9.17, 15) is 0 Å². The van der Waals surface area contributed by atoms with Gasteiger partial charge in [0.2, 0.25) is 0 Å². The van der Waals surface area contributed by atoms with Crippen molar-refractivity contribution < 1.29 is 14.6 Å². The van der Waals surface area contributed by atoms with E-state index in [1.807, 2.05) is 25.1 Å². The van der Waals surface area contributed by atoms with Gasteiger partial charge in [-0.15, -0.1) is 0 Å². The molecule has 72 valence electrons. The van der Waals surface area contributed by atoms with Crippen LogP contribution in [0.2, 0.25) is 0 Å². The molecule has 0 heterocycles. The lowest BCUT2D eigenvalue weighted by molar-refractivity contribution is 0.260. The molecule has 0 aliphatic heterocycles. The molecule has 0 radical (unpaired) electrons. The molecule has 3 heteroatoms. The molecule has 0 saturated heterocycles. The number of hydrogen-bond acceptors (Lipinski definition) is 3. The number of ether oxygens (including phenoxy) is 2. The van der Waals surface area contributed by atoms with Gasteiger partial charge in [0, 0.05) is 5.56 Å². The first kappa shape index (κ1) is 9.86. The smallest absolute Gasteiger partial charge is 0.166 e. The lowest BCUT2D eigenvalue weighted by atomic mass is 10.2. The monoisotopic (exact) mass is 182 g/mol. The van der Waals surface area contributed by atoms with Gasteiger partial charge in [-0.1, -0.05) is 12.1 Å². The highest BCUT2D eigenvalue weighted by molar-refractivity contribution is 5.46. The van der Waals surface area contributed by atoms with Crippen molar-refractivity contribution in [3.8, 4) is 11.5 Å². The van der Waals surface area contributed by atoms with Gasteiger partial charge in [0.05, 0.1) is 20.3 Å². The third-order valence-corrected chi connectivity index (χ3v) is 1.74. The first-order valence-electron chi connectivity index (χ1n) is 4.23. The normalized spacial score (nSPS) is 9.77. The number of rotatable bonds is 4. The Balaban J connectivity index is 3.05. The molecule has 0 aliphatic carbocycles. The summed E-state index contributed by atoms with van der Waals surface area (Å²) < 4.78 is 10.5. The lowest BCUT2D eigenvalue weighted by Crippen LogP contribution is -1.99. The molecule has 3 nitrogen and oxygen atoms in total. The number of aliphatic hydroxyl groups is 1. The Morgan fingerprint density at radius 1 is 1.38 bits per heavy atom. The van der Waals surface area contributed by atoms with Gasteiger partial charge >= 0.3 is 0 Å². The van der Waals surface area contributed by atoms with Gasteiger partial charge in [-0.05, 0) is 13.0 Å². The molecule has 1 aromatic rings. The quantitative estimate of drug-likeness (QED) is 0.768. The number of para-hydroxylation sites is 1. The highest BCUT2D eigenvalue weighted by atomic mass is 16.5. The third-order valence-electron chi connectivity index (χ3n) is 1.74. The Labute approximate surface area is 77.9 Å². The minimum absolute atomic E-state index is 0.0352. The third kappa shape index (κ3) is 2.12. The van der Waals surface area contributed by atoms with Crippen molar-refractivity contribution in [2.45, 2.75) is 13.5 Å². The lowest BCUT2D eigenvalue weighted by Gasteiger charge is -2.12. The summed E-state index contributed by atoms with van der Waals surface area (Å²) in [5.74, 6) is 1.29. The standard InChI is InChI=1S/C10H14O3/c1-3-13-10-8(7-11)5-4-6-9(10)12-2/h4-6,11H,3,7H2,1-2H3. The fraction of sp³-hybridized carbons (Fsp3) is 0.400. The molecular weight excluding hydrogens is 168 g/mol. The van der Waals surface area contributed by atoms with E-state index in [0.29, 0.717) is 18.1 Å². The van der Waals surface area contributed by atoms with Gasteiger partial charge in [0.15, 0.2) is 11.5 Å². The van der Waals surface area contributed by atoms with Gasteiger partial charge in [-0.2, -0.15) is 0 Å². The fourth-order valence-electron chi connectivity index (χ4n) is 1.15. The van der Waals surface area contributed by atoms with Crippen molar-refractivity contribution in [2.75, 3.05) is 13.7 Å². The molecule has 13 heavy (non-hydrogen) atoms. The molecule has 1 aromatic carbocycles. The van der Waals surface area contributed by atoms with Crippen molar-refractivity contribution in [1.82, 2.24) is 0 Å². The number of benzene rings is 1. The molecule has 0 aromatic heterocycles. The van der Waals surface area contributed by atoms with Crippen molar-refractivity contribution in [1.29, 1.82) is 0 Å². The van der Waals surface area contributed by atoms with E-state index in [1.165, 1.54) is 0 Å². The van der Waals surface area contributed by atoms with E-state index >= 15 is 0 Å². The van der Waals surface area contributed by atoms with Crippen LogP contribution >= 0.6 is 0 Å². The average Bonchev–Trinajstić information content (AvgIpc) is 2.18. The number of aliphatic hydroxyl groups excluding tert-OH is 1. The van der Waals surface area contributed by atoms with E-state index in [2.05, 4.69) is 0 Å². The predicted octanol–water partition coefficient (Wildman–Crippen LogP) is 1.59. The second-order valence-corrected chi connectivity index (χ2v) is 2.54. The van der Waals surface area contributed by atoms with Crippen LogP contribution in [0.25, 0.3) is 0 Å². The summed E-state index contributed by atoms with van der Waals surface area (Å²) in [6, 6.07) is 5.45. The van der Waals surface area contributed by atoms with Gasteiger partial charge in [-0.3, -0.25) is 0 Å². The van der Waals surface area contributed by atoms with Crippen LogP contribution in [0, 0.1) is 0 Å². The Kier molecular flexibility index (Phi) is 3.58. The number of hydrogen-bond donors (Lipinski definition) is 1. The van der Waals surface area contributed by atoms with E-state index in [1.54, 1.807) is 7.11 Å². The summed E-state index contributed by atoms with van der Waals surface area (Å²) in [7, 11) is 1.58. The highest BCUT2D eigenvalue weighted by Crippen LogP contribution is 2.30. The minimum atomic E-state index is -0.0352. The Hall–Kier alpha value is -1.22. The molecule has 0 unspecified atom stereocenters. The van der Waals surface area contributed by atoms with Crippen molar-refractivity contribution in [3.63, 3.8) is 0 Å². The summed E-state index contributed by atoms with van der Waals surface area (Å²) in [5.41, 5.74) is 0.751. The van der Waals surface area contributed by atoms with Crippen molar-refractivity contribution in [3.05, 3.63) is 23.8 Å². The molecular formula is C10H14O3. The summed E-state index contributed by atoms with van der Waals surface area (Å²) in [6.45, 7) is 2.42. The molecule has 0 saturated carbocycles. The zero-order chi connectivity index (χ0) is 9.68. The molecule has 0 aliphatic rings. The maximum Gasteiger partial charge on any atom is 0.166 e. The molecule has 0 spiro atoms. The van der Waals surface area contributed by atoms with Crippen LogP contribution in [0.1, 0.15) is 12.5 Å². The first-order valence-corrected chi connectivity index (χ1v) is 4.23. The fourth-order valence-corrected chi connectivity index (χ4v) is 1.15. The topological polar surface area (TPSA) is 38.7 Å². The van der Waals surface area contributed by atoms with Gasteiger partial charge in [0.1, 0.15) is 0 Å². The van der Waals surface area contributed by atoms with Crippen LogP contribution in [0.3, 0.4) is 0 Å². The molecule has 0 fully saturated rings. The Morgan fingerprint density at radius 2 is 2.15 bits per heavy atom. The molecule has 1 rings (SSSR count). The SMILES string of the molecule is CCOc1c(CO)cccc1OC. The van der Waals surface area contributed by atoms with Gasteiger partial charge in [-0.25, -0.2) is 0 Å². The second kappa shape index (κ2) is 4.72. The Bertz CT molecular complexity index is 249. The Morgan fingerprint density at radius 3 is 2.69 bits per heavy atom. The van der Waals surface area contributed by atoms with Crippen molar-refractivity contribution >= 4 is 0 Å². The minimum Gasteiger partial charge on any atom is -0.493 e. The van der Waals surface area contributed by atoms with Crippen LogP contribution in [-0.2, 0) is 6.61 Å². The predicted molar refractivity (Wildman–Crippen MR) is 50.1 cm³/mol. The summed E-state index contributed by atoms with van der Waals surface area (Å²) in [6.07, 6.45) is 0. The van der Waals surface area contributed by atoms with Crippen LogP contribution in [0.15, 0.2) is 18.2 Å². The number of methoxy groups -OCH3 is 1.